The number of rotatable bonds is 2. The zero-order chi connectivity index (χ0) is 16.8. The van der Waals surface area contributed by atoms with Gasteiger partial charge in [0.05, 0.1) is 23.1 Å². The normalized spacial score (nSPS) is 22.2. The van der Waals surface area contributed by atoms with Gasteiger partial charge in [-0.15, -0.1) is 0 Å². The van der Waals surface area contributed by atoms with Crippen LogP contribution in [0, 0.1) is 18.8 Å². The predicted molar refractivity (Wildman–Crippen MR) is 69.5 cm³/mol. The topological polar surface area (TPSA) is 75.4 Å². The first kappa shape index (κ1) is 16.6. The number of nitrogens with zero attached hydrogens (tertiary/aromatic N) is 3. The fourth-order valence-electron chi connectivity index (χ4n) is 2.58. The molecule has 2 heterocycles. The number of carbonyl (C=O) groups is 2. The first-order chi connectivity index (χ1) is 10.0. The van der Waals surface area contributed by atoms with Crippen LogP contribution in [0.2, 0.25) is 5.15 Å². The van der Waals surface area contributed by atoms with Crippen molar-refractivity contribution in [2.24, 2.45) is 18.9 Å². The quantitative estimate of drug-likeness (QED) is 0.890. The molecular formula is C12H13ClF3N3O3. The van der Waals surface area contributed by atoms with E-state index >= 15 is 0 Å². The van der Waals surface area contributed by atoms with Gasteiger partial charge in [-0.2, -0.15) is 18.3 Å². The van der Waals surface area contributed by atoms with E-state index in [0.717, 1.165) is 4.90 Å². The standard InChI is InChI=1S/C12H13ClF3N3O3/c1-5-8(9(13)18(2)17-5)10(20)19-3-6(11(21)22)7(4-19)12(14,15)16/h6-7H,3-4H2,1-2H3,(H,21,22)/t6-,7-/m1/s1. The van der Waals surface area contributed by atoms with Crippen molar-refractivity contribution >= 4 is 23.5 Å². The number of aliphatic carboxylic acids is 1. The molecule has 0 spiro atoms. The van der Waals surface area contributed by atoms with Crippen molar-refractivity contribution in [2.45, 2.75) is 13.1 Å². The Balaban J connectivity index is 2.31. The Kier molecular flexibility index (Phi) is 4.12. The van der Waals surface area contributed by atoms with Crippen LogP contribution < -0.4 is 0 Å². The van der Waals surface area contributed by atoms with Crippen molar-refractivity contribution in [2.75, 3.05) is 13.1 Å². The summed E-state index contributed by atoms with van der Waals surface area (Å²) in [5.74, 6) is -6.09. The fraction of sp³-hybridized carbons (Fsp3) is 0.583. The lowest BCUT2D eigenvalue weighted by Crippen LogP contribution is -2.34. The highest BCUT2D eigenvalue weighted by Crippen LogP contribution is 2.38. The lowest BCUT2D eigenvalue weighted by atomic mass is 9.96. The monoisotopic (exact) mass is 339 g/mol. The Labute approximate surface area is 128 Å². The van der Waals surface area contributed by atoms with Gasteiger partial charge in [-0.1, -0.05) is 11.6 Å². The number of alkyl halides is 3. The number of carboxylic acid groups (broad SMARTS) is 1. The molecular weight excluding hydrogens is 327 g/mol. The van der Waals surface area contributed by atoms with E-state index in [9.17, 15) is 22.8 Å². The van der Waals surface area contributed by atoms with Gasteiger partial charge in [-0.25, -0.2) is 0 Å². The average Bonchev–Trinajstić information content (AvgIpc) is 2.92. The maximum atomic E-state index is 12.9. The summed E-state index contributed by atoms with van der Waals surface area (Å²) in [5, 5.41) is 12.9. The lowest BCUT2D eigenvalue weighted by Gasteiger charge is -2.18. The first-order valence-electron chi connectivity index (χ1n) is 6.32. The van der Waals surface area contributed by atoms with Crippen LogP contribution in [0.1, 0.15) is 16.1 Å². The smallest absolute Gasteiger partial charge is 0.394 e. The lowest BCUT2D eigenvalue weighted by molar-refractivity contribution is -0.187. The molecule has 0 unspecified atom stereocenters. The van der Waals surface area contributed by atoms with Crippen LogP contribution in [0.5, 0.6) is 0 Å². The Morgan fingerprint density at radius 2 is 1.95 bits per heavy atom. The Morgan fingerprint density at radius 1 is 1.36 bits per heavy atom. The summed E-state index contributed by atoms with van der Waals surface area (Å²) in [5.41, 5.74) is 0.274. The molecule has 1 N–H and O–H groups in total. The van der Waals surface area contributed by atoms with Crippen molar-refractivity contribution in [1.82, 2.24) is 14.7 Å². The second-order valence-electron chi connectivity index (χ2n) is 5.18. The van der Waals surface area contributed by atoms with Crippen LogP contribution in [0.3, 0.4) is 0 Å². The first-order valence-corrected chi connectivity index (χ1v) is 6.69. The summed E-state index contributed by atoms with van der Waals surface area (Å²) in [6, 6.07) is 0. The summed E-state index contributed by atoms with van der Waals surface area (Å²) in [6.45, 7) is 0.290. The SMILES string of the molecule is Cc1nn(C)c(Cl)c1C(=O)N1C[C@@H](C(F)(F)F)[C@H](C(=O)O)C1. The zero-order valence-corrected chi connectivity index (χ0v) is 12.4. The molecule has 2 atom stereocenters. The molecule has 0 saturated carbocycles. The number of carbonyl (C=O) groups excluding carboxylic acids is 1. The third-order valence-electron chi connectivity index (χ3n) is 3.71. The molecule has 0 aromatic carbocycles. The van der Waals surface area contributed by atoms with Crippen molar-refractivity contribution < 1.29 is 27.9 Å². The highest BCUT2D eigenvalue weighted by molar-refractivity contribution is 6.33. The summed E-state index contributed by atoms with van der Waals surface area (Å²) < 4.78 is 40.0. The van der Waals surface area contributed by atoms with E-state index < -0.39 is 43.0 Å². The molecule has 122 valence electrons. The molecule has 0 aliphatic carbocycles. The molecule has 2 rings (SSSR count). The molecule has 0 bridgehead atoms. The molecule has 1 aliphatic rings. The number of amides is 1. The molecule has 22 heavy (non-hydrogen) atoms. The van der Waals surface area contributed by atoms with Crippen LogP contribution in [0.4, 0.5) is 13.2 Å². The minimum Gasteiger partial charge on any atom is -0.481 e. The number of hydrogen-bond donors (Lipinski definition) is 1. The second kappa shape index (κ2) is 5.45. The summed E-state index contributed by atoms with van der Waals surface area (Å²) >= 11 is 5.93. The Hall–Kier alpha value is -1.77. The number of aryl methyl sites for hydroxylation is 2. The van der Waals surface area contributed by atoms with Gasteiger partial charge < -0.3 is 10.0 Å². The third-order valence-corrected chi connectivity index (χ3v) is 4.14. The van der Waals surface area contributed by atoms with Gasteiger partial charge in [0.25, 0.3) is 5.91 Å². The second-order valence-corrected chi connectivity index (χ2v) is 5.54. The van der Waals surface area contributed by atoms with Gasteiger partial charge in [0.15, 0.2) is 0 Å². The van der Waals surface area contributed by atoms with E-state index in [1.54, 1.807) is 0 Å². The van der Waals surface area contributed by atoms with Crippen molar-refractivity contribution in [3.8, 4) is 0 Å². The largest absolute Gasteiger partial charge is 0.481 e. The van der Waals surface area contributed by atoms with E-state index in [1.807, 2.05) is 0 Å². The zero-order valence-electron chi connectivity index (χ0n) is 11.7. The van der Waals surface area contributed by atoms with Crippen LogP contribution in [0.25, 0.3) is 0 Å². The average molecular weight is 340 g/mol. The highest BCUT2D eigenvalue weighted by Gasteiger charge is 2.53. The maximum absolute atomic E-state index is 12.9. The Morgan fingerprint density at radius 3 is 2.32 bits per heavy atom. The van der Waals surface area contributed by atoms with Crippen molar-refractivity contribution in [3.05, 3.63) is 16.4 Å². The number of hydrogen-bond acceptors (Lipinski definition) is 3. The summed E-state index contributed by atoms with van der Waals surface area (Å²) in [7, 11) is 1.49. The van der Waals surface area contributed by atoms with Gasteiger partial charge in [0.2, 0.25) is 0 Å². The van der Waals surface area contributed by atoms with E-state index in [0.29, 0.717) is 0 Å². The molecule has 1 saturated heterocycles. The van der Waals surface area contributed by atoms with Gasteiger partial charge in [0, 0.05) is 20.1 Å². The summed E-state index contributed by atoms with van der Waals surface area (Å²) in [4.78, 5) is 24.3. The maximum Gasteiger partial charge on any atom is 0.394 e. The van der Waals surface area contributed by atoms with E-state index in [-0.39, 0.29) is 16.4 Å². The van der Waals surface area contributed by atoms with Gasteiger partial charge in [0.1, 0.15) is 5.15 Å². The number of halogens is 4. The highest BCUT2D eigenvalue weighted by atomic mass is 35.5. The van der Waals surface area contributed by atoms with Crippen molar-refractivity contribution in [3.63, 3.8) is 0 Å². The predicted octanol–water partition coefficient (Wildman–Crippen LogP) is 1.72. The molecule has 1 amide bonds. The van der Waals surface area contributed by atoms with Gasteiger partial charge >= 0.3 is 12.1 Å². The van der Waals surface area contributed by atoms with Crippen LogP contribution in [-0.4, -0.2) is 50.9 Å². The number of likely N-dealkylation sites (tertiary alicyclic amines) is 1. The van der Waals surface area contributed by atoms with Crippen LogP contribution in [0.15, 0.2) is 0 Å². The third kappa shape index (κ3) is 2.77. The van der Waals surface area contributed by atoms with Crippen LogP contribution >= 0.6 is 11.6 Å². The summed E-state index contributed by atoms with van der Waals surface area (Å²) in [6.07, 6.45) is -4.69. The molecule has 1 aromatic rings. The molecule has 6 nitrogen and oxygen atoms in total. The van der Waals surface area contributed by atoms with Gasteiger partial charge in [-0.3, -0.25) is 14.3 Å². The molecule has 0 radical (unpaired) electrons. The molecule has 1 aromatic heterocycles. The van der Waals surface area contributed by atoms with Crippen molar-refractivity contribution in [1.29, 1.82) is 0 Å². The Bertz CT molecular complexity index is 629. The van der Waals surface area contributed by atoms with Gasteiger partial charge in [-0.05, 0) is 6.92 Å². The minimum atomic E-state index is -4.69. The van der Waals surface area contributed by atoms with Crippen LogP contribution in [-0.2, 0) is 11.8 Å². The van der Waals surface area contributed by atoms with E-state index in [2.05, 4.69) is 5.10 Å². The molecule has 1 aliphatic heterocycles. The fourth-order valence-corrected chi connectivity index (χ4v) is 2.84. The number of carboxylic acids is 1. The van der Waals surface area contributed by atoms with E-state index in [1.165, 1.54) is 18.7 Å². The number of aromatic nitrogens is 2. The molecule has 1 fully saturated rings. The van der Waals surface area contributed by atoms with E-state index in [4.69, 9.17) is 16.7 Å². The minimum absolute atomic E-state index is 0.00358. The molecule has 10 heteroatoms.